The van der Waals surface area contributed by atoms with Crippen LogP contribution in [0.25, 0.3) is 0 Å². The fraction of sp³-hybridized carbons (Fsp3) is 0.348. The maximum Gasteiger partial charge on any atom is 0.286 e. The second-order valence-electron chi connectivity index (χ2n) is 7.79. The van der Waals surface area contributed by atoms with Crippen LogP contribution >= 0.6 is 22.9 Å². The number of carbonyl (C=O) groups is 1. The lowest BCUT2D eigenvalue weighted by molar-refractivity contribution is 0.102. The van der Waals surface area contributed by atoms with E-state index in [1.165, 1.54) is 29.0 Å². The molecule has 0 bridgehead atoms. The molecule has 3 aromatic rings. The molecule has 1 saturated heterocycles. The normalized spacial score (nSPS) is 15.1. The number of amides is 1. The zero-order valence-corrected chi connectivity index (χ0v) is 19.4. The predicted molar refractivity (Wildman–Crippen MR) is 126 cm³/mol. The fourth-order valence-electron chi connectivity index (χ4n) is 3.61. The van der Waals surface area contributed by atoms with Gasteiger partial charge >= 0.3 is 0 Å². The van der Waals surface area contributed by atoms with E-state index in [2.05, 4.69) is 32.2 Å². The minimum atomic E-state index is -0.317. The van der Waals surface area contributed by atoms with Crippen molar-refractivity contribution >= 4 is 34.5 Å². The highest BCUT2D eigenvalue weighted by molar-refractivity contribution is 7.13. The van der Waals surface area contributed by atoms with Crippen molar-refractivity contribution in [2.75, 3.05) is 31.5 Å². The zero-order chi connectivity index (χ0) is 22.5. The summed E-state index contributed by atoms with van der Waals surface area (Å²) in [5, 5.41) is 12.8. The highest BCUT2D eigenvalue weighted by Crippen LogP contribution is 2.21. The van der Waals surface area contributed by atoms with Crippen LogP contribution in [0.4, 0.5) is 10.1 Å². The van der Waals surface area contributed by atoms with E-state index in [9.17, 15) is 9.18 Å². The van der Waals surface area contributed by atoms with Crippen molar-refractivity contribution in [3.8, 4) is 0 Å². The van der Waals surface area contributed by atoms with Crippen molar-refractivity contribution in [3.63, 3.8) is 0 Å². The lowest BCUT2D eigenvalue weighted by Crippen LogP contribution is -2.45. The summed E-state index contributed by atoms with van der Waals surface area (Å²) in [5.74, 6) is -0.554. The predicted octanol–water partition coefficient (Wildman–Crippen LogP) is 4.46. The summed E-state index contributed by atoms with van der Waals surface area (Å²) in [6.45, 7) is 6.99. The lowest BCUT2D eigenvalue weighted by Gasteiger charge is -2.34. The SMILES string of the molecule is CCc1ccc(NC(=O)c2nnc(CN3CCN(Cc4ccc(F)cc4Cl)CC3)s2)cc1. The van der Waals surface area contributed by atoms with Crippen molar-refractivity contribution in [3.05, 3.63) is 74.4 Å². The van der Waals surface area contributed by atoms with E-state index >= 15 is 0 Å². The van der Waals surface area contributed by atoms with Crippen molar-refractivity contribution in [2.45, 2.75) is 26.4 Å². The van der Waals surface area contributed by atoms with Crippen LogP contribution in [0.5, 0.6) is 0 Å². The number of anilines is 1. The number of rotatable bonds is 7. The van der Waals surface area contributed by atoms with Gasteiger partial charge in [0, 0.05) is 43.4 Å². The molecular weight excluding hydrogens is 449 g/mol. The Hall–Kier alpha value is -2.39. The summed E-state index contributed by atoms with van der Waals surface area (Å²) in [6, 6.07) is 12.4. The van der Waals surface area contributed by atoms with Crippen LogP contribution in [0.1, 0.15) is 32.9 Å². The van der Waals surface area contributed by atoms with E-state index in [4.69, 9.17) is 11.6 Å². The van der Waals surface area contributed by atoms with E-state index in [-0.39, 0.29) is 11.7 Å². The Bertz CT molecular complexity index is 1070. The molecule has 1 aromatic heterocycles. The van der Waals surface area contributed by atoms with Crippen molar-refractivity contribution in [1.29, 1.82) is 0 Å². The van der Waals surface area contributed by atoms with Crippen molar-refractivity contribution < 1.29 is 9.18 Å². The molecule has 2 heterocycles. The van der Waals surface area contributed by atoms with E-state index in [1.807, 2.05) is 24.3 Å². The smallest absolute Gasteiger partial charge is 0.286 e. The molecule has 0 saturated carbocycles. The van der Waals surface area contributed by atoms with Crippen molar-refractivity contribution in [2.24, 2.45) is 0 Å². The molecular formula is C23H25ClFN5OS. The number of aromatic nitrogens is 2. The van der Waals surface area contributed by atoms with Gasteiger partial charge in [0.05, 0.1) is 6.54 Å². The van der Waals surface area contributed by atoms with E-state index < -0.39 is 0 Å². The van der Waals surface area contributed by atoms with Crippen LogP contribution in [0.2, 0.25) is 5.02 Å². The van der Waals surface area contributed by atoms with Gasteiger partial charge in [-0.05, 0) is 41.8 Å². The number of nitrogens with zero attached hydrogens (tertiary/aromatic N) is 4. The zero-order valence-electron chi connectivity index (χ0n) is 17.9. The second kappa shape index (κ2) is 10.5. The van der Waals surface area contributed by atoms with E-state index in [1.54, 1.807) is 6.07 Å². The Morgan fingerprint density at radius 1 is 1.06 bits per heavy atom. The minimum absolute atomic E-state index is 0.237. The third kappa shape index (κ3) is 5.89. The molecule has 0 radical (unpaired) electrons. The Morgan fingerprint density at radius 2 is 1.75 bits per heavy atom. The average Bonchev–Trinajstić information content (AvgIpc) is 3.26. The van der Waals surface area contributed by atoms with Gasteiger partial charge in [-0.2, -0.15) is 0 Å². The first kappa shape index (κ1) is 22.8. The second-order valence-corrected chi connectivity index (χ2v) is 9.26. The summed E-state index contributed by atoms with van der Waals surface area (Å²) < 4.78 is 13.2. The van der Waals surface area contributed by atoms with Gasteiger partial charge in [0.25, 0.3) is 5.91 Å². The van der Waals surface area contributed by atoms with Gasteiger partial charge < -0.3 is 5.32 Å². The van der Waals surface area contributed by atoms with E-state index in [0.717, 1.165) is 48.9 Å². The van der Waals surface area contributed by atoms with Crippen LogP contribution in [0.3, 0.4) is 0 Å². The molecule has 4 rings (SSSR count). The quantitative estimate of drug-likeness (QED) is 0.549. The van der Waals surface area contributed by atoms with E-state index in [0.29, 0.717) is 23.1 Å². The monoisotopic (exact) mass is 473 g/mol. The maximum absolute atomic E-state index is 13.2. The Balaban J connectivity index is 1.26. The Morgan fingerprint density at radius 3 is 2.41 bits per heavy atom. The number of hydrogen-bond acceptors (Lipinski definition) is 6. The molecule has 0 atom stereocenters. The molecule has 32 heavy (non-hydrogen) atoms. The Kier molecular flexibility index (Phi) is 7.47. The first-order chi connectivity index (χ1) is 15.5. The fourth-order valence-corrected chi connectivity index (χ4v) is 4.61. The molecule has 1 fully saturated rings. The van der Waals surface area contributed by atoms with Crippen LogP contribution < -0.4 is 5.32 Å². The number of benzene rings is 2. The largest absolute Gasteiger partial charge is 0.320 e. The molecule has 168 valence electrons. The topological polar surface area (TPSA) is 61.4 Å². The van der Waals surface area contributed by atoms with Crippen molar-refractivity contribution in [1.82, 2.24) is 20.0 Å². The van der Waals surface area contributed by atoms with Gasteiger partial charge in [-0.1, -0.05) is 48.1 Å². The van der Waals surface area contributed by atoms with Crippen LogP contribution in [-0.2, 0) is 19.5 Å². The summed E-state index contributed by atoms with van der Waals surface area (Å²) in [5.41, 5.74) is 2.91. The molecule has 0 spiro atoms. The number of halogens is 2. The van der Waals surface area contributed by atoms with Gasteiger partial charge in [-0.25, -0.2) is 4.39 Å². The van der Waals surface area contributed by atoms with Gasteiger partial charge in [-0.3, -0.25) is 14.6 Å². The number of hydrogen-bond donors (Lipinski definition) is 1. The number of piperazine rings is 1. The number of nitrogens with one attached hydrogen (secondary N) is 1. The molecule has 1 N–H and O–H groups in total. The summed E-state index contributed by atoms with van der Waals surface area (Å²) in [6.07, 6.45) is 0.961. The highest BCUT2D eigenvalue weighted by atomic mass is 35.5. The van der Waals surface area contributed by atoms with Gasteiger partial charge in [-0.15, -0.1) is 10.2 Å². The molecule has 6 nitrogen and oxygen atoms in total. The lowest BCUT2D eigenvalue weighted by atomic mass is 10.1. The molecule has 1 aliphatic rings. The molecule has 2 aromatic carbocycles. The molecule has 0 aliphatic carbocycles. The summed E-state index contributed by atoms with van der Waals surface area (Å²) in [7, 11) is 0. The van der Waals surface area contributed by atoms with Crippen LogP contribution in [0.15, 0.2) is 42.5 Å². The summed E-state index contributed by atoms with van der Waals surface area (Å²) in [4.78, 5) is 17.1. The maximum atomic E-state index is 13.2. The standard InChI is InChI=1S/C23H25ClFN5OS/c1-2-16-3-7-19(8-4-16)26-22(31)23-28-27-21(32-23)15-30-11-9-29(10-12-30)14-17-5-6-18(25)13-20(17)24/h3-8,13H,2,9-12,14-15H2,1H3,(H,26,31). The van der Waals surface area contributed by atoms with Crippen LogP contribution in [-0.4, -0.2) is 52.1 Å². The van der Waals surface area contributed by atoms with Gasteiger partial charge in [0.2, 0.25) is 5.01 Å². The first-order valence-corrected chi connectivity index (χ1v) is 11.8. The molecule has 1 amide bonds. The molecule has 1 aliphatic heterocycles. The van der Waals surface area contributed by atoms with Gasteiger partial charge in [0.1, 0.15) is 10.8 Å². The number of aryl methyl sites for hydroxylation is 1. The highest BCUT2D eigenvalue weighted by Gasteiger charge is 2.20. The third-order valence-corrected chi connectivity index (χ3v) is 6.77. The first-order valence-electron chi connectivity index (χ1n) is 10.6. The Labute approximate surface area is 196 Å². The molecule has 9 heteroatoms. The average molecular weight is 474 g/mol. The number of carbonyl (C=O) groups excluding carboxylic acids is 1. The van der Waals surface area contributed by atoms with Crippen LogP contribution in [0, 0.1) is 5.82 Å². The molecule has 0 unspecified atom stereocenters. The third-order valence-electron chi connectivity index (χ3n) is 5.51. The minimum Gasteiger partial charge on any atom is -0.320 e. The summed E-state index contributed by atoms with van der Waals surface area (Å²) >= 11 is 7.48. The van der Waals surface area contributed by atoms with Gasteiger partial charge in [0.15, 0.2) is 0 Å².